The van der Waals surface area contributed by atoms with Gasteiger partial charge in [-0.25, -0.2) is 4.79 Å². The van der Waals surface area contributed by atoms with Gasteiger partial charge in [0.1, 0.15) is 11.3 Å². The van der Waals surface area contributed by atoms with E-state index in [1.165, 1.54) is 12.3 Å². The van der Waals surface area contributed by atoms with Crippen molar-refractivity contribution in [1.82, 2.24) is 4.98 Å². The molecule has 1 aliphatic carbocycles. The number of pyridine rings is 1. The van der Waals surface area contributed by atoms with Gasteiger partial charge in [0.2, 0.25) is 0 Å². The van der Waals surface area contributed by atoms with Crippen LogP contribution in [0, 0.1) is 0 Å². The molecule has 0 saturated carbocycles. The molecule has 21 heavy (non-hydrogen) atoms. The summed E-state index contributed by atoms with van der Waals surface area (Å²) in [5, 5.41) is 10.3. The summed E-state index contributed by atoms with van der Waals surface area (Å²) >= 11 is 0. The van der Waals surface area contributed by atoms with Crippen molar-refractivity contribution in [3.63, 3.8) is 0 Å². The Hall–Kier alpha value is -2.88. The number of aromatic carboxylic acids is 1. The van der Waals surface area contributed by atoms with Crippen LogP contribution in [0.4, 0.5) is 0 Å². The molecule has 102 valence electrons. The van der Waals surface area contributed by atoms with Gasteiger partial charge < -0.3 is 9.52 Å². The maximum absolute atomic E-state index is 11.3. The second-order valence-electron chi connectivity index (χ2n) is 5.02. The van der Waals surface area contributed by atoms with Crippen molar-refractivity contribution in [2.45, 2.75) is 6.42 Å². The second-order valence-corrected chi connectivity index (χ2v) is 5.02. The Morgan fingerprint density at radius 2 is 2.10 bits per heavy atom. The van der Waals surface area contributed by atoms with Gasteiger partial charge in [-0.1, -0.05) is 18.2 Å². The predicted octanol–water partition coefficient (Wildman–Crippen LogP) is 3.62. The average molecular weight is 277 g/mol. The molecule has 0 fully saturated rings. The van der Waals surface area contributed by atoms with E-state index in [0.717, 1.165) is 27.9 Å². The van der Waals surface area contributed by atoms with E-state index in [1.54, 1.807) is 0 Å². The molecule has 0 atom stereocenters. The van der Waals surface area contributed by atoms with E-state index in [0.29, 0.717) is 17.7 Å². The summed E-state index contributed by atoms with van der Waals surface area (Å²) in [5.74, 6) is -0.154. The zero-order chi connectivity index (χ0) is 14.4. The number of carboxylic acids is 1. The molecular formula is C17H11NO3. The number of benzene rings is 1. The van der Waals surface area contributed by atoms with Crippen LogP contribution in [0.3, 0.4) is 0 Å². The molecule has 4 heteroatoms. The van der Waals surface area contributed by atoms with Crippen LogP contribution in [0.25, 0.3) is 22.6 Å². The van der Waals surface area contributed by atoms with Crippen molar-refractivity contribution < 1.29 is 14.3 Å². The smallest absolute Gasteiger partial charge is 0.336 e. The Morgan fingerprint density at radius 3 is 2.90 bits per heavy atom. The van der Waals surface area contributed by atoms with Crippen LogP contribution in [0.15, 0.2) is 47.0 Å². The number of aromatic nitrogens is 1. The minimum absolute atomic E-state index is 0.308. The van der Waals surface area contributed by atoms with Crippen molar-refractivity contribution in [1.29, 1.82) is 0 Å². The van der Waals surface area contributed by atoms with E-state index < -0.39 is 5.97 Å². The van der Waals surface area contributed by atoms with Gasteiger partial charge in [-0.3, -0.25) is 4.98 Å². The number of allylic oxidation sites excluding steroid dienone is 1. The first-order valence-corrected chi connectivity index (χ1v) is 6.63. The third kappa shape index (κ3) is 1.84. The molecule has 1 aliphatic rings. The van der Waals surface area contributed by atoms with Crippen LogP contribution in [0.1, 0.15) is 27.4 Å². The largest absolute Gasteiger partial charge is 0.478 e. The highest BCUT2D eigenvalue weighted by atomic mass is 16.4. The highest BCUT2D eigenvalue weighted by molar-refractivity contribution is 5.96. The number of rotatable bonds is 2. The minimum Gasteiger partial charge on any atom is -0.478 e. The quantitative estimate of drug-likeness (QED) is 0.777. The molecule has 2 aromatic heterocycles. The van der Waals surface area contributed by atoms with Gasteiger partial charge in [-0.2, -0.15) is 0 Å². The molecule has 4 rings (SSSR count). The maximum Gasteiger partial charge on any atom is 0.336 e. The van der Waals surface area contributed by atoms with Crippen LogP contribution in [-0.2, 0) is 6.42 Å². The van der Waals surface area contributed by atoms with Crippen molar-refractivity contribution in [3.8, 4) is 0 Å². The number of para-hydroxylation sites is 1. The highest BCUT2D eigenvalue weighted by Crippen LogP contribution is 2.34. The first-order chi connectivity index (χ1) is 10.2. The summed E-state index contributed by atoms with van der Waals surface area (Å²) in [7, 11) is 0. The molecule has 4 nitrogen and oxygen atoms in total. The zero-order valence-corrected chi connectivity index (χ0v) is 11.0. The van der Waals surface area contributed by atoms with Crippen molar-refractivity contribution >= 4 is 28.6 Å². The molecule has 1 aromatic carbocycles. The highest BCUT2D eigenvalue weighted by Gasteiger charge is 2.23. The molecule has 0 unspecified atom stereocenters. The number of nitrogens with zero attached hydrogens (tertiary/aromatic N) is 1. The van der Waals surface area contributed by atoms with Crippen molar-refractivity contribution in [3.05, 3.63) is 65.2 Å². The van der Waals surface area contributed by atoms with Gasteiger partial charge in [-0.05, 0) is 29.8 Å². The fourth-order valence-corrected chi connectivity index (χ4v) is 2.72. The lowest BCUT2D eigenvalue weighted by Gasteiger charge is -2.02. The summed E-state index contributed by atoms with van der Waals surface area (Å²) in [4.78, 5) is 15.5. The zero-order valence-electron chi connectivity index (χ0n) is 11.0. The number of carboxylic acid groups (broad SMARTS) is 1. The summed E-state index contributed by atoms with van der Waals surface area (Å²) in [6, 6.07) is 11.3. The van der Waals surface area contributed by atoms with Gasteiger partial charge in [0.15, 0.2) is 0 Å². The van der Waals surface area contributed by atoms with E-state index >= 15 is 0 Å². The van der Waals surface area contributed by atoms with Crippen LogP contribution in [-0.4, -0.2) is 16.1 Å². The topological polar surface area (TPSA) is 63.3 Å². The Labute approximate surface area is 120 Å². The first-order valence-electron chi connectivity index (χ1n) is 6.63. The van der Waals surface area contributed by atoms with Crippen LogP contribution >= 0.6 is 0 Å². The average Bonchev–Trinajstić information content (AvgIpc) is 3.09. The molecular weight excluding hydrogens is 266 g/mol. The molecule has 0 aliphatic heterocycles. The van der Waals surface area contributed by atoms with Gasteiger partial charge >= 0.3 is 5.97 Å². The molecule has 1 N–H and O–H groups in total. The molecule has 2 heterocycles. The summed E-state index contributed by atoms with van der Waals surface area (Å²) in [5.41, 5.74) is 3.56. The van der Waals surface area contributed by atoms with E-state index in [4.69, 9.17) is 4.42 Å². The number of carbonyl (C=O) groups is 1. The second kappa shape index (κ2) is 4.31. The lowest BCUT2D eigenvalue weighted by Crippen LogP contribution is -2.03. The number of fused-ring (bicyclic) bond motifs is 2. The lowest BCUT2D eigenvalue weighted by molar-refractivity contribution is 0.0695. The summed E-state index contributed by atoms with van der Waals surface area (Å²) in [6.45, 7) is 0. The van der Waals surface area contributed by atoms with Gasteiger partial charge in [0, 0.05) is 23.6 Å². The Balaban J connectivity index is 1.79. The summed E-state index contributed by atoms with van der Waals surface area (Å²) < 4.78 is 5.84. The molecule has 3 aromatic rings. The van der Waals surface area contributed by atoms with E-state index in [2.05, 4.69) is 4.98 Å². The third-order valence-electron chi connectivity index (χ3n) is 3.74. The lowest BCUT2D eigenvalue weighted by atomic mass is 10.0. The minimum atomic E-state index is -0.923. The van der Waals surface area contributed by atoms with Crippen LogP contribution < -0.4 is 0 Å². The number of hydrogen-bond donors (Lipinski definition) is 1. The Bertz CT molecular complexity index is 872. The number of furan rings is 1. The molecule has 0 radical (unpaired) electrons. The Kier molecular flexibility index (Phi) is 2.44. The first kappa shape index (κ1) is 11.9. The van der Waals surface area contributed by atoms with E-state index in [1.807, 2.05) is 36.4 Å². The van der Waals surface area contributed by atoms with Crippen molar-refractivity contribution in [2.75, 3.05) is 0 Å². The fourth-order valence-electron chi connectivity index (χ4n) is 2.72. The van der Waals surface area contributed by atoms with Gasteiger partial charge in [0.25, 0.3) is 0 Å². The van der Waals surface area contributed by atoms with Gasteiger partial charge in [0.05, 0.1) is 11.3 Å². The third-order valence-corrected chi connectivity index (χ3v) is 3.74. The monoisotopic (exact) mass is 277 g/mol. The molecule has 0 amide bonds. The SMILES string of the molecule is O=C(O)c1ccnc2c1CC(c1cc3ccccc3o1)=C2. The molecule has 0 spiro atoms. The standard InChI is InChI=1S/C17H11NO3/c19-17(20)12-5-6-18-14-8-11(7-13(12)14)16-9-10-3-1-2-4-15(10)21-16/h1-6,8-9H,7H2,(H,19,20). The molecule has 0 saturated heterocycles. The normalized spacial score (nSPS) is 13.2. The van der Waals surface area contributed by atoms with Crippen molar-refractivity contribution in [2.24, 2.45) is 0 Å². The molecule has 0 bridgehead atoms. The van der Waals surface area contributed by atoms with E-state index in [-0.39, 0.29) is 0 Å². The summed E-state index contributed by atoms with van der Waals surface area (Å²) in [6.07, 6.45) is 3.96. The van der Waals surface area contributed by atoms with Gasteiger partial charge in [-0.15, -0.1) is 0 Å². The van der Waals surface area contributed by atoms with E-state index in [9.17, 15) is 9.90 Å². The predicted molar refractivity (Wildman–Crippen MR) is 79.0 cm³/mol. The van der Waals surface area contributed by atoms with Crippen LogP contribution in [0.5, 0.6) is 0 Å². The van der Waals surface area contributed by atoms with Crippen LogP contribution in [0.2, 0.25) is 0 Å². The Morgan fingerprint density at radius 1 is 1.24 bits per heavy atom. The number of hydrogen-bond acceptors (Lipinski definition) is 3. The maximum atomic E-state index is 11.3. The fraction of sp³-hybridized carbons (Fsp3) is 0.0588.